The Morgan fingerprint density at radius 3 is 2.28 bits per heavy atom. The number of para-hydroxylation sites is 1. The van der Waals surface area contributed by atoms with E-state index in [2.05, 4.69) is 16.0 Å². The van der Waals surface area contributed by atoms with Crippen LogP contribution < -0.4 is 16.0 Å². The van der Waals surface area contributed by atoms with Crippen LogP contribution in [0.1, 0.15) is 36.7 Å². The van der Waals surface area contributed by atoms with Crippen molar-refractivity contribution < 1.29 is 9.59 Å². The van der Waals surface area contributed by atoms with Crippen molar-refractivity contribution in [3.05, 3.63) is 64.7 Å². The molecule has 0 unspecified atom stereocenters. The lowest BCUT2D eigenvalue weighted by Crippen LogP contribution is -2.41. The normalized spacial score (nSPS) is 10.9. The quantitative estimate of drug-likeness (QED) is 0.766. The van der Waals surface area contributed by atoms with Gasteiger partial charge in [-0.25, -0.2) is 4.79 Å². The van der Waals surface area contributed by atoms with Crippen molar-refractivity contribution in [3.8, 4) is 0 Å². The Morgan fingerprint density at radius 1 is 1.00 bits per heavy atom. The van der Waals surface area contributed by atoms with Crippen LogP contribution in [0.15, 0.2) is 48.5 Å². The molecule has 2 aromatic carbocycles. The van der Waals surface area contributed by atoms with Crippen LogP contribution in [-0.4, -0.2) is 17.5 Å². The number of amides is 3. The van der Waals surface area contributed by atoms with E-state index in [1.165, 1.54) is 0 Å². The maximum absolute atomic E-state index is 12.4. The molecule has 2 aromatic rings. The molecule has 0 aromatic heterocycles. The molecule has 6 heteroatoms. The van der Waals surface area contributed by atoms with Gasteiger partial charge in [0.15, 0.2) is 0 Å². The summed E-state index contributed by atoms with van der Waals surface area (Å²) in [5.74, 6) is -0.235. The maximum Gasteiger partial charge on any atom is 0.319 e. The fraction of sp³-hybridized carbons (Fsp3) is 0.263. The maximum atomic E-state index is 12.4. The van der Waals surface area contributed by atoms with Gasteiger partial charge >= 0.3 is 6.03 Å². The smallest absolute Gasteiger partial charge is 0.319 e. The van der Waals surface area contributed by atoms with E-state index in [-0.39, 0.29) is 17.5 Å². The molecule has 0 saturated carbocycles. The van der Waals surface area contributed by atoms with E-state index < -0.39 is 0 Å². The molecule has 0 fully saturated rings. The van der Waals surface area contributed by atoms with Crippen LogP contribution in [-0.2, 0) is 6.54 Å². The Morgan fingerprint density at radius 2 is 1.64 bits per heavy atom. The Balaban J connectivity index is 2.00. The van der Waals surface area contributed by atoms with Crippen molar-refractivity contribution in [3.63, 3.8) is 0 Å². The highest BCUT2D eigenvalue weighted by molar-refractivity contribution is 6.30. The van der Waals surface area contributed by atoms with E-state index in [1.807, 2.05) is 32.9 Å². The van der Waals surface area contributed by atoms with E-state index in [1.54, 1.807) is 36.4 Å². The number of nitrogens with one attached hydrogen (secondary N) is 3. The van der Waals surface area contributed by atoms with Crippen molar-refractivity contribution >= 4 is 29.2 Å². The van der Waals surface area contributed by atoms with Gasteiger partial charge in [-0.3, -0.25) is 4.79 Å². The highest BCUT2D eigenvalue weighted by Gasteiger charge is 2.18. The van der Waals surface area contributed by atoms with Gasteiger partial charge in [0, 0.05) is 17.1 Å². The largest absolute Gasteiger partial charge is 0.347 e. The molecule has 0 saturated heterocycles. The minimum absolute atomic E-state index is 0.235. The zero-order valence-electron chi connectivity index (χ0n) is 14.5. The molecule has 0 atom stereocenters. The van der Waals surface area contributed by atoms with Gasteiger partial charge < -0.3 is 16.0 Å². The summed E-state index contributed by atoms with van der Waals surface area (Å²) in [7, 11) is 0. The van der Waals surface area contributed by atoms with Gasteiger partial charge in [-0.15, -0.1) is 0 Å². The van der Waals surface area contributed by atoms with Crippen LogP contribution in [0.2, 0.25) is 5.02 Å². The van der Waals surface area contributed by atoms with Gasteiger partial charge in [0.05, 0.1) is 11.3 Å². The van der Waals surface area contributed by atoms with Crippen LogP contribution in [0.25, 0.3) is 0 Å². The second-order valence-corrected chi connectivity index (χ2v) is 7.12. The second kappa shape index (κ2) is 8.03. The minimum Gasteiger partial charge on any atom is -0.347 e. The predicted molar refractivity (Wildman–Crippen MR) is 101 cm³/mol. The van der Waals surface area contributed by atoms with Crippen LogP contribution in [0.3, 0.4) is 0 Å². The third-order valence-electron chi connectivity index (χ3n) is 3.27. The molecule has 3 N–H and O–H groups in total. The van der Waals surface area contributed by atoms with E-state index in [0.717, 1.165) is 5.56 Å². The first-order chi connectivity index (χ1) is 11.7. The van der Waals surface area contributed by atoms with Crippen LogP contribution in [0, 0.1) is 0 Å². The first-order valence-electron chi connectivity index (χ1n) is 7.95. The topological polar surface area (TPSA) is 70.2 Å². The number of hydrogen-bond acceptors (Lipinski definition) is 2. The molecule has 0 spiro atoms. The zero-order chi connectivity index (χ0) is 18.4. The van der Waals surface area contributed by atoms with Gasteiger partial charge in [0.1, 0.15) is 0 Å². The van der Waals surface area contributed by atoms with Crippen LogP contribution >= 0.6 is 11.6 Å². The lowest BCUT2D eigenvalue weighted by Gasteiger charge is -2.21. The average Bonchev–Trinajstić information content (AvgIpc) is 2.53. The second-order valence-electron chi connectivity index (χ2n) is 6.68. The molecule has 132 valence electrons. The molecule has 0 radical (unpaired) electrons. The van der Waals surface area contributed by atoms with E-state index in [0.29, 0.717) is 22.8 Å². The molecular formula is C19H22ClN3O2. The number of benzene rings is 2. The summed E-state index contributed by atoms with van der Waals surface area (Å²) in [4.78, 5) is 24.5. The Hall–Kier alpha value is -2.53. The van der Waals surface area contributed by atoms with Crippen molar-refractivity contribution in [1.29, 1.82) is 0 Å². The molecule has 2 rings (SSSR count). The molecule has 0 aliphatic heterocycles. The van der Waals surface area contributed by atoms with E-state index in [4.69, 9.17) is 11.6 Å². The van der Waals surface area contributed by atoms with Crippen LogP contribution in [0.5, 0.6) is 0 Å². The molecule has 25 heavy (non-hydrogen) atoms. The number of urea groups is 1. The zero-order valence-corrected chi connectivity index (χ0v) is 15.3. The molecule has 0 bridgehead atoms. The summed E-state index contributed by atoms with van der Waals surface area (Å²) in [6.07, 6.45) is 0. The van der Waals surface area contributed by atoms with Gasteiger partial charge in [-0.05, 0) is 50.6 Å². The third kappa shape index (κ3) is 6.12. The van der Waals surface area contributed by atoms with Crippen LogP contribution in [0.4, 0.5) is 10.5 Å². The number of hydrogen-bond donors (Lipinski definition) is 3. The highest BCUT2D eigenvalue weighted by atomic mass is 35.5. The van der Waals surface area contributed by atoms with E-state index >= 15 is 0 Å². The monoisotopic (exact) mass is 359 g/mol. The lowest BCUT2D eigenvalue weighted by atomic mass is 10.1. The van der Waals surface area contributed by atoms with Gasteiger partial charge in [0.25, 0.3) is 5.91 Å². The molecular weight excluding hydrogens is 338 g/mol. The van der Waals surface area contributed by atoms with Crippen molar-refractivity contribution in [2.45, 2.75) is 32.9 Å². The predicted octanol–water partition coefficient (Wildman–Crippen LogP) is 4.19. The first-order valence-corrected chi connectivity index (χ1v) is 8.33. The summed E-state index contributed by atoms with van der Waals surface area (Å²) in [5.41, 5.74) is 1.44. The SMILES string of the molecule is CC(C)(C)NC(=O)c1ccccc1NC(=O)NCc1ccc(Cl)cc1. The number of carbonyl (C=O) groups excluding carboxylic acids is 2. The van der Waals surface area contributed by atoms with Crippen molar-refractivity contribution in [1.82, 2.24) is 10.6 Å². The Labute approximate surface area is 152 Å². The summed E-state index contributed by atoms with van der Waals surface area (Å²) in [6, 6.07) is 13.7. The van der Waals surface area contributed by atoms with Crippen molar-refractivity contribution in [2.24, 2.45) is 0 Å². The fourth-order valence-corrected chi connectivity index (χ4v) is 2.28. The standard InChI is InChI=1S/C19H22ClN3O2/c1-19(2,3)23-17(24)15-6-4-5-7-16(15)22-18(25)21-12-13-8-10-14(20)11-9-13/h4-11H,12H2,1-3H3,(H,23,24)(H2,21,22,25). The molecule has 3 amide bonds. The Kier molecular flexibility index (Phi) is 6.04. The molecule has 0 aliphatic carbocycles. The van der Waals surface area contributed by atoms with Gasteiger partial charge in [-0.2, -0.15) is 0 Å². The van der Waals surface area contributed by atoms with Gasteiger partial charge in [-0.1, -0.05) is 35.9 Å². The summed E-state index contributed by atoms with van der Waals surface area (Å²) in [5, 5.41) is 9.01. The summed E-state index contributed by atoms with van der Waals surface area (Å²) >= 11 is 5.84. The minimum atomic E-state index is -0.383. The molecule has 0 aliphatic rings. The highest BCUT2D eigenvalue weighted by Crippen LogP contribution is 2.16. The number of halogens is 1. The fourth-order valence-electron chi connectivity index (χ4n) is 2.15. The van der Waals surface area contributed by atoms with Gasteiger partial charge in [0.2, 0.25) is 0 Å². The third-order valence-corrected chi connectivity index (χ3v) is 3.53. The summed E-state index contributed by atoms with van der Waals surface area (Å²) < 4.78 is 0. The Bertz CT molecular complexity index is 752. The van der Waals surface area contributed by atoms with Crippen molar-refractivity contribution in [2.75, 3.05) is 5.32 Å². The molecule has 5 nitrogen and oxygen atoms in total. The van der Waals surface area contributed by atoms with E-state index in [9.17, 15) is 9.59 Å². The lowest BCUT2D eigenvalue weighted by molar-refractivity contribution is 0.0920. The number of rotatable bonds is 4. The summed E-state index contributed by atoms with van der Waals surface area (Å²) in [6.45, 7) is 6.07. The first kappa shape index (κ1) is 18.8. The average molecular weight is 360 g/mol. The number of anilines is 1. The molecule has 0 heterocycles. The number of carbonyl (C=O) groups is 2.